The SMILES string of the molecule is COc1ccc(OC)c(C2C3=C(OC4CCCCC4C3=O)C(=O)N2c2nc3ccc(OC)cc3s2)c1. The van der Waals surface area contributed by atoms with E-state index in [1.165, 1.54) is 11.3 Å². The monoisotopic (exact) mass is 506 g/mol. The fraction of sp³-hybridized carbons (Fsp3) is 0.370. The first-order chi connectivity index (χ1) is 17.5. The number of amides is 1. The summed E-state index contributed by atoms with van der Waals surface area (Å²) in [5.74, 6) is 1.36. The number of thiazole rings is 1. The highest BCUT2D eigenvalue weighted by Crippen LogP contribution is 2.51. The molecule has 3 unspecified atom stereocenters. The van der Waals surface area contributed by atoms with Crippen molar-refractivity contribution in [3.05, 3.63) is 53.3 Å². The lowest BCUT2D eigenvalue weighted by atomic mass is 9.77. The molecule has 6 rings (SSSR count). The van der Waals surface area contributed by atoms with E-state index in [2.05, 4.69) is 0 Å². The summed E-state index contributed by atoms with van der Waals surface area (Å²) in [5.41, 5.74) is 1.77. The number of ketones is 1. The number of carbonyl (C=O) groups is 2. The van der Waals surface area contributed by atoms with Crippen LogP contribution in [0.2, 0.25) is 0 Å². The number of benzene rings is 2. The van der Waals surface area contributed by atoms with Crippen LogP contribution in [0.15, 0.2) is 47.7 Å². The number of nitrogens with zero attached hydrogens (tertiary/aromatic N) is 2. The van der Waals surface area contributed by atoms with E-state index in [0.717, 1.165) is 35.9 Å². The van der Waals surface area contributed by atoms with Crippen LogP contribution in [0.25, 0.3) is 10.2 Å². The van der Waals surface area contributed by atoms with Gasteiger partial charge in [0, 0.05) is 5.56 Å². The normalized spacial score (nSPS) is 23.4. The van der Waals surface area contributed by atoms with Gasteiger partial charge in [-0.05, 0) is 55.7 Å². The number of anilines is 1. The first-order valence-electron chi connectivity index (χ1n) is 12.0. The Kier molecular flexibility index (Phi) is 5.59. The smallest absolute Gasteiger partial charge is 0.296 e. The molecule has 0 bridgehead atoms. The van der Waals surface area contributed by atoms with Gasteiger partial charge in [0.15, 0.2) is 16.7 Å². The van der Waals surface area contributed by atoms with Crippen molar-refractivity contribution < 1.29 is 28.5 Å². The van der Waals surface area contributed by atoms with Crippen molar-refractivity contribution in [2.75, 3.05) is 26.2 Å². The summed E-state index contributed by atoms with van der Waals surface area (Å²) >= 11 is 1.37. The largest absolute Gasteiger partial charge is 0.497 e. The number of rotatable bonds is 5. The lowest BCUT2D eigenvalue weighted by Crippen LogP contribution is -2.39. The molecule has 1 aromatic heterocycles. The number of hydrogen-bond donors (Lipinski definition) is 0. The molecule has 1 aliphatic carbocycles. The fourth-order valence-electron chi connectivity index (χ4n) is 5.51. The Balaban J connectivity index is 1.55. The zero-order valence-corrected chi connectivity index (χ0v) is 21.1. The highest BCUT2D eigenvalue weighted by atomic mass is 32.1. The van der Waals surface area contributed by atoms with Crippen LogP contribution in [-0.4, -0.2) is 44.1 Å². The molecule has 1 saturated carbocycles. The van der Waals surface area contributed by atoms with Crippen LogP contribution in [0, 0.1) is 5.92 Å². The Morgan fingerprint density at radius 1 is 0.972 bits per heavy atom. The van der Waals surface area contributed by atoms with Crippen molar-refractivity contribution in [1.29, 1.82) is 0 Å². The molecule has 3 heterocycles. The van der Waals surface area contributed by atoms with E-state index >= 15 is 0 Å². The molecular formula is C27H26N2O6S. The number of methoxy groups -OCH3 is 3. The van der Waals surface area contributed by atoms with Crippen molar-refractivity contribution in [3.63, 3.8) is 0 Å². The molecule has 0 saturated heterocycles. The number of aromatic nitrogens is 1. The predicted octanol–water partition coefficient (Wildman–Crippen LogP) is 4.82. The Bertz CT molecular complexity index is 1410. The van der Waals surface area contributed by atoms with Crippen molar-refractivity contribution >= 4 is 38.4 Å². The van der Waals surface area contributed by atoms with Gasteiger partial charge >= 0.3 is 0 Å². The summed E-state index contributed by atoms with van der Waals surface area (Å²) < 4.78 is 23.7. The van der Waals surface area contributed by atoms with Crippen molar-refractivity contribution in [2.45, 2.75) is 37.8 Å². The topological polar surface area (TPSA) is 87.2 Å². The second-order valence-electron chi connectivity index (χ2n) is 9.17. The number of Topliss-reactive ketones (excluding diaryl/α,β-unsaturated/α-hetero) is 1. The number of fused-ring (bicyclic) bond motifs is 2. The fourth-order valence-corrected chi connectivity index (χ4v) is 6.53. The molecular weight excluding hydrogens is 480 g/mol. The van der Waals surface area contributed by atoms with Crippen LogP contribution in [-0.2, 0) is 14.3 Å². The molecule has 0 N–H and O–H groups in total. The zero-order chi connectivity index (χ0) is 25.0. The molecule has 3 aliphatic rings. The standard InChI is InChI=1S/C27H26N2O6S/c1-32-14-9-11-19(34-3)17(12-14)23-22-24(30)16-6-4-5-7-20(16)35-25(22)26(31)29(23)27-28-18-10-8-15(33-2)13-21(18)36-27/h8-13,16,20,23H,4-7H2,1-3H3. The van der Waals surface area contributed by atoms with Crippen molar-refractivity contribution in [3.8, 4) is 17.2 Å². The van der Waals surface area contributed by atoms with Gasteiger partial charge < -0.3 is 18.9 Å². The van der Waals surface area contributed by atoms with Crippen LogP contribution in [0.4, 0.5) is 5.13 Å². The van der Waals surface area contributed by atoms with E-state index in [1.807, 2.05) is 24.3 Å². The molecule has 9 heteroatoms. The van der Waals surface area contributed by atoms with Crippen molar-refractivity contribution in [2.24, 2.45) is 5.92 Å². The lowest BCUT2D eigenvalue weighted by molar-refractivity contribution is -0.131. The molecule has 1 amide bonds. The molecule has 3 aromatic rings. The van der Waals surface area contributed by atoms with E-state index in [1.54, 1.807) is 38.4 Å². The minimum atomic E-state index is -0.740. The second-order valence-corrected chi connectivity index (χ2v) is 10.2. The van der Waals surface area contributed by atoms with E-state index in [0.29, 0.717) is 33.5 Å². The van der Waals surface area contributed by atoms with Gasteiger partial charge in [-0.2, -0.15) is 0 Å². The Labute approximate surface area is 212 Å². The third-order valence-corrected chi connectivity index (χ3v) is 8.30. The average Bonchev–Trinajstić information content (AvgIpc) is 3.46. The quantitative estimate of drug-likeness (QED) is 0.490. The van der Waals surface area contributed by atoms with Crippen LogP contribution in [0.5, 0.6) is 17.2 Å². The van der Waals surface area contributed by atoms with Gasteiger partial charge in [0.2, 0.25) is 0 Å². The Morgan fingerprint density at radius 2 is 1.72 bits per heavy atom. The highest BCUT2D eigenvalue weighted by Gasteiger charge is 2.53. The van der Waals surface area contributed by atoms with Crippen LogP contribution >= 0.6 is 11.3 Å². The third kappa shape index (κ3) is 3.44. The van der Waals surface area contributed by atoms with Crippen LogP contribution in [0.1, 0.15) is 37.3 Å². The van der Waals surface area contributed by atoms with Gasteiger partial charge in [0.25, 0.3) is 5.91 Å². The summed E-state index contributed by atoms with van der Waals surface area (Å²) in [4.78, 5) is 34.2. The van der Waals surface area contributed by atoms with E-state index < -0.39 is 6.04 Å². The van der Waals surface area contributed by atoms with Gasteiger partial charge in [-0.25, -0.2) is 4.98 Å². The Morgan fingerprint density at radius 3 is 2.50 bits per heavy atom. The van der Waals surface area contributed by atoms with Gasteiger partial charge in [-0.1, -0.05) is 17.8 Å². The average molecular weight is 507 g/mol. The maximum Gasteiger partial charge on any atom is 0.296 e. The first kappa shape index (κ1) is 22.8. The molecule has 8 nitrogen and oxygen atoms in total. The predicted molar refractivity (Wildman–Crippen MR) is 135 cm³/mol. The Hall–Kier alpha value is -3.59. The summed E-state index contributed by atoms with van der Waals surface area (Å²) in [6.45, 7) is 0. The van der Waals surface area contributed by atoms with Gasteiger partial charge in [-0.15, -0.1) is 0 Å². The molecule has 3 atom stereocenters. The molecule has 2 aromatic carbocycles. The molecule has 36 heavy (non-hydrogen) atoms. The maximum absolute atomic E-state index is 14.0. The van der Waals surface area contributed by atoms with E-state index in [9.17, 15) is 9.59 Å². The second kappa shape index (κ2) is 8.81. The zero-order valence-electron chi connectivity index (χ0n) is 20.3. The minimum Gasteiger partial charge on any atom is -0.497 e. The number of ether oxygens (including phenoxy) is 4. The van der Waals surface area contributed by atoms with Gasteiger partial charge in [-0.3, -0.25) is 14.5 Å². The molecule has 2 aliphatic heterocycles. The first-order valence-corrected chi connectivity index (χ1v) is 12.8. The lowest BCUT2D eigenvalue weighted by Gasteiger charge is -2.35. The summed E-state index contributed by atoms with van der Waals surface area (Å²) in [6, 6.07) is 10.2. The van der Waals surface area contributed by atoms with Gasteiger partial charge in [0.1, 0.15) is 29.4 Å². The highest BCUT2D eigenvalue weighted by molar-refractivity contribution is 7.22. The summed E-state index contributed by atoms with van der Waals surface area (Å²) in [6.07, 6.45) is 3.23. The third-order valence-electron chi connectivity index (χ3n) is 7.29. The molecule has 0 radical (unpaired) electrons. The minimum absolute atomic E-state index is 0.0190. The summed E-state index contributed by atoms with van der Waals surface area (Å²) in [5, 5.41) is 0.479. The number of carbonyl (C=O) groups excluding carboxylic acids is 2. The maximum atomic E-state index is 14.0. The molecule has 186 valence electrons. The van der Waals surface area contributed by atoms with Crippen LogP contribution < -0.4 is 19.1 Å². The van der Waals surface area contributed by atoms with E-state index in [-0.39, 0.29) is 29.5 Å². The molecule has 1 fully saturated rings. The van der Waals surface area contributed by atoms with E-state index in [4.69, 9.17) is 23.9 Å². The summed E-state index contributed by atoms with van der Waals surface area (Å²) in [7, 11) is 4.76. The van der Waals surface area contributed by atoms with Crippen molar-refractivity contribution in [1.82, 2.24) is 4.98 Å². The van der Waals surface area contributed by atoms with Gasteiger partial charge in [0.05, 0.1) is 43.0 Å². The van der Waals surface area contributed by atoms with Crippen LogP contribution in [0.3, 0.4) is 0 Å². The molecule has 0 spiro atoms. The number of hydrogen-bond acceptors (Lipinski definition) is 8.